The number of nitro groups is 1. The summed E-state index contributed by atoms with van der Waals surface area (Å²) in [7, 11) is 0. The molecule has 0 spiro atoms. The van der Waals surface area contributed by atoms with Crippen molar-refractivity contribution in [2.75, 3.05) is 12.3 Å². The van der Waals surface area contributed by atoms with Gasteiger partial charge in [-0.3, -0.25) is 14.9 Å². The molecule has 0 saturated heterocycles. The van der Waals surface area contributed by atoms with Crippen LogP contribution in [-0.4, -0.2) is 27.5 Å². The first-order chi connectivity index (χ1) is 9.99. The van der Waals surface area contributed by atoms with E-state index in [1.807, 2.05) is 0 Å². The molecule has 0 aliphatic carbocycles. The van der Waals surface area contributed by atoms with Gasteiger partial charge in [-0.25, -0.2) is 4.39 Å². The minimum Gasteiger partial charge on any atom is -0.396 e. The molecule has 110 valence electrons. The van der Waals surface area contributed by atoms with Crippen molar-refractivity contribution in [1.29, 1.82) is 0 Å². The van der Waals surface area contributed by atoms with E-state index in [4.69, 9.17) is 5.73 Å². The van der Waals surface area contributed by atoms with Crippen LogP contribution < -0.4 is 11.1 Å². The van der Waals surface area contributed by atoms with Crippen molar-refractivity contribution < 1.29 is 18.6 Å². The molecular weight excluding hydrogens is 285 g/mol. The van der Waals surface area contributed by atoms with Crippen molar-refractivity contribution in [3.8, 4) is 0 Å². The van der Waals surface area contributed by atoms with Gasteiger partial charge in [-0.05, 0) is 6.07 Å². The summed E-state index contributed by atoms with van der Waals surface area (Å²) in [5.41, 5.74) is 4.01. The monoisotopic (exact) mass is 295 g/mol. The highest BCUT2D eigenvalue weighted by atomic mass is 19.1. The molecule has 0 radical (unpaired) electrons. The van der Waals surface area contributed by atoms with Crippen LogP contribution in [-0.2, 0) is 6.42 Å². The minimum absolute atomic E-state index is 0.132. The molecular formula is C11H10FN5O4. The molecule has 0 saturated carbocycles. The van der Waals surface area contributed by atoms with Gasteiger partial charge < -0.3 is 15.6 Å². The number of nitrogens with zero attached hydrogens (tertiary/aromatic N) is 3. The smallest absolute Gasteiger partial charge is 0.285 e. The van der Waals surface area contributed by atoms with Crippen LogP contribution in [0.2, 0.25) is 0 Å². The highest BCUT2D eigenvalue weighted by Gasteiger charge is 2.22. The molecule has 0 aliphatic heterocycles. The third kappa shape index (κ3) is 3.29. The zero-order valence-corrected chi connectivity index (χ0v) is 10.6. The highest BCUT2D eigenvalue weighted by molar-refractivity contribution is 5.99. The first-order valence-corrected chi connectivity index (χ1v) is 5.76. The predicted molar refractivity (Wildman–Crippen MR) is 67.8 cm³/mol. The van der Waals surface area contributed by atoms with Gasteiger partial charge in [0.1, 0.15) is 5.56 Å². The zero-order valence-electron chi connectivity index (χ0n) is 10.6. The molecule has 2 rings (SSSR count). The second-order valence-electron chi connectivity index (χ2n) is 4.00. The van der Waals surface area contributed by atoms with Gasteiger partial charge in [-0.1, -0.05) is 5.16 Å². The summed E-state index contributed by atoms with van der Waals surface area (Å²) in [6.07, 6.45) is 1.43. The normalized spacial score (nSPS) is 10.3. The number of aromatic nitrogens is 2. The largest absolute Gasteiger partial charge is 0.396 e. The first-order valence-electron chi connectivity index (χ1n) is 5.76. The number of rotatable bonds is 5. The summed E-state index contributed by atoms with van der Waals surface area (Å²) in [5.74, 6) is -1.31. The molecule has 0 aliphatic rings. The molecule has 21 heavy (non-hydrogen) atoms. The minimum atomic E-state index is -0.954. The van der Waals surface area contributed by atoms with Crippen molar-refractivity contribution >= 4 is 17.3 Å². The van der Waals surface area contributed by atoms with E-state index < -0.39 is 22.3 Å². The summed E-state index contributed by atoms with van der Waals surface area (Å²) in [6, 6.07) is 1.54. The number of nitrogens with one attached hydrogen (secondary N) is 1. The molecule has 10 heteroatoms. The van der Waals surface area contributed by atoms with E-state index in [1.165, 1.54) is 0 Å². The van der Waals surface area contributed by atoms with Crippen LogP contribution in [0.3, 0.4) is 0 Å². The number of carbonyl (C=O) groups is 1. The lowest BCUT2D eigenvalue weighted by Gasteiger charge is -2.06. The Kier molecular flexibility index (Phi) is 4.07. The second-order valence-corrected chi connectivity index (χ2v) is 4.00. The summed E-state index contributed by atoms with van der Waals surface area (Å²) in [4.78, 5) is 25.6. The molecule has 0 bridgehead atoms. The number of carbonyl (C=O) groups excluding carboxylic acids is 1. The number of benzene rings is 1. The van der Waals surface area contributed by atoms with E-state index in [-0.39, 0.29) is 24.2 Å². The summed E-state index contributed by atoms with van der Waals surface area (Å²) in [5, 5.41) is 16.8. The van der Waals surface area contributed by atoms with Crippen molar-refractivity contribution in [2.24, 2.45) is 0 Å². The Morgan fingerprint density at radius 2 is 2.29 bits per heavy atom. The standard InChI is InChI=1S/C11H10FN5O4/c12-7-4-9(17(19)20)6(3-8(7)13)11(18)14-2-1-10-15-5-21-16-10/h3-5H,1-2,13H2,(H,14,18). The maximum absolute atomic E-state index is 13.2. The number of nitrogens with two attached hydrogens (primary N) is 1. The molecule has 0 fully saturated rings. The van der Waals surface area contributed by atoms with Crippen LogP contribution in [0.15, 0.2) is 23.0 Å². The van der Waals surface area contributed by atoms with Gasteiger partial charge in [0.25, 0.3) is 11.6 Å². The third-order valence-electron chi connectivity index (χ3n) is 2.60. The molecule has 1 heterocycles. The lowest BCUT2D eigenvalue weighted by atomic mass is 10.1. The van der Waals surface area contributed by atoms with Gasteiger partial charge in [0.15, 0.2) is 11.6 Å². The van der Waals surface area contributed by atoms with E-state index in [2.05, 4.69) is 20.0 Å². The van der Waals surface area contributed by atoms with E-state index in [0.29, 0.717) is 11.9 Å². The Labute approximate surface area is 117 Å². The average molecular weight is 295 g/mol. The van der Waals surface area contributed by atoms with E-state index in [9.17, 15) is 19.3 Å². The van der Waals surface area contributed by atoms with Crippen LogP contribution in [0, 0.1) is 15.9 Å². The number of halogens is 1. The zero-order chi connectivity index (χ0) is 15.4. The Balaban J connectivity index is 2.11. The molecule has 9 nitrogen and oxygen atoms in total. The van der Waals surface area contributed by atoms with Gasteiger partial charge in [0, 0.05) is 13.0 Å². The Bertz CT molecular complexity index is 674. The predicted octanol–water partition coefficient (Wildman–Crippen LogP) is 0.672. The number of hydrogen-bond acceptors (Lipinski definition) is 7. The number of nitrogen functional groups attached to an aromatic ring is 1. The molecule has 1 amide bonds. The third-order valence-corrected chi connectivity index (χ3v) is 2.60. The number of nitro benzene ring substituents is 1. The van der Waals surface area contributed by atoms with E-state index in [1.54, 1.807) is 0 Å². The molecule has 1 aromatic heterocycles. The van der Waals surface area contributed by atoms with Gasteiger partial charge >= 0.3 is 0 Å². The molecule has 3 N–H and O–H groups in total. The van der Waals surface area contributed by atoms with E-state index in [0.717, 1.165) is 12.5 Å². The maximum atomic E-state index is 13.2. The number of hydrogen-bond donors (Lipinski definition) is 2. The fraction of sp³-hybridized carbons (Fsp3) is 0.182. The number of amides is 1. The summed E-state index contributed by atoms with van der Waals surface area (Å²) >= 11 is 0. The van der Waals surface area contributed by atoms with Gasteiger partial charge in [0.2, 0.25) is 6.39 Å². The van der Waals surface area contributed by atoms with Crippen LogP contribution in [0.4, 0.5) is 15.8 Å². The molecule has 1 aromatic carbocycles. The maximum Gasteiger partial charge on any atom is 0.285 e. The van der Waals surface area contributed by atoms with Gasteiger partial charge in [-0.15, -0.1) is 0 Å². The SMILES string of the molecule is Nc1cc(C(=O)NCCc2ncon2)c([N+](=O)[O-])cc1F. The lowest BCUT2D eigenvalue weighted by Crippen LogP contribution is -2.27. The lowest BCUT2D eigenvalue weighted by molar-refractivity contribution is -0.385. The van der Waals surface area contributed by atoms with Crippen molar-refractivity contribution in [3.05, 3.63) is 45.8 Å². The van der Waals surface area contributed by atoms with Crippen molar-refractivity contribution in [3.63, 3.8) is 0 Å². The Morgan fingerprint density at radius 1 is 1.52 bits per heavy atom. The quantitative estimate of drug-likeness (QED) is 0.469. The summed E-state index contributed by atoms with van der Waals surface area (Å²) < 4.78 is 17.7. The van der Waals surface area contributed by atoms with Crippen molar-refractivity contribution in [1.82, 2.24) is 15.5 Å². The highest BCUT2D eigenvalue weighted by Crippen LogP contribution is 2.24. The Morgan fingerprint density at radius 3 is 2.90 bits per heavy atom. The molecule has 0 atom stereocenters. The fourth-order valence-corrected chi connectivity index (χ4v) is 1.60. The van der Waals surface area contributed by atoms with Gasteiger partial charge in [-0.2, -0.15) is 4.98 Å². The average Bonchev–Trinajstić information content (AvgIpc) is 2.94. The summed E-state index contributed by atoms with van der Waals surface area (Å²) in [6.45, 7) is 0.132. The first kappa shape index (κ1) is 14.4. The topological polar surface area (TPSA) is 137 Å². The van der Waals surface area contributed by atoms with Crippen LogP contribution in [0.1, 0.15) is 16.2 Å². The van der Waals surface area contributed by atoms with Crippen LogP contribution in [0.5, 0.6) is 0 Å². The van der Waals surface area contributed by atoms with Crippen molar-refractivity contribution in [2.45, 2.75) is 6.42 Å². The Hall–Kier alpha value is -3.04. The fourth-order valence-electron chi connectivity index (χ4n) is 1.60. The second kappa shape index (κ2) is 5.94. The van der Waals surface area contributed by atoms with E-state index >= 15 is 0 Å². The molecule has 0 unspecified atom stereocenters. The van der Waals surface area contributed by atoms with Crippen LogP contribution >= 0.6 is 0 Å². The van der Waals surface area contributed by atoms with Gasteiger partial charge in [0.05, 0.1) is 16.7 Å². The molecule has 2 aromatic rings. The van der Waals surface area contributed by atoms with Crippen LogP contribution in [0.25, 0.3) is 0 Å². The number of anilines is 1.